The van der Waals surface area contributed by atoms with Crippen LogP contribution < -0.4 is 0 Å². The van der Waals surface area contributed by atoms with Crippen LogP contribution in [-0.4, -0.2) is 19.5 Å². The Morgan fingerprint density at radius 1 is 0.875 bits per heavy atom. The Labute approximate surface area is 185 Å². The topological polar surface area (TPSA) is 18.5 Å². The van der Waals surface area contributed by atoms with Crippen LogP contribution in [0.5, 0.6) is 0 Å². The summed E-state index contributed by atoms with van der Waals surface area (Å²) in [6.45, 7) is 5.03. The molecule has 3 aromatic rings. The number of hydrogen-bond acceptors (Lipinski definition) is 2. The number of benzene rings is 3. The lowest BCUT2D eigenvalue weighted by Crippen LogP contribution is -2.32. The van der Waals surface area contributed by atoms with Gasteiger partial charge >= 0.3 is 0 Å². The fourth-order valence-corrected chi connectivity index (χ4v) is 3.68. The zero-order valence-electron chi connectivity index (χ0n) is 17.5. The van der Waals surface area contributed by atoms with Crippen molar-refractivity contribution >= 4 is 10.8 Å². The number of aryl methyl sites for hydroxylation is 1. The van der Waals surface area contributed by atoms with Gasteiger partial charge in [-0.15, -0.1) is 6.58 Å². The fraction of sp³-hybridized carbons (Fsp3) is 0.259. The fourth-order valence-electron chi connectivity index (χ4n) is 3.68. The van der Waals surface area contributed by atoms with Crippen molar-refractivity contribution in [1.29, 1.82) is 0 Å². The van der Waals surface area contributed by atoms with E-state index in [1.165, 1.54) is 6.07 Å². The molecule has 5 heteroatoms. The third kappa shape index (κ3) is 5.40. The maximum absolute atomic E-state index is 14.5. The smallest absolute Gasteiger partial charge is 0.159 e. The molecule has 1 aliphatic rings. The highest BCUT2D eigenvalue weighted by Gasteiger charge is 2.21. The van der Waals surface area contributed by atoms with Gasteiger partial charge in [0.1, 0.15) is 5.82 Å². The van der Waals surface area contributed by atoms with Crippen LogP contribution in [0.2, 0.25) is 0 Å². The zero-order chi connectivity index (χ0) is 22.5. The summed E-state index contributed by atoms with van der Waals surface area (Å²) in [5.74, 6) is 3.85. The van der Waals surface area contributed by atoms with Gasteiger partial charge in [-0.2, -0.15) is 0 Å². The standard InChI is InChI=1S/C27H23F3O2/c1-2-3-20-16-31-27(32-17-20)11-7-19-5-9-21(24(28)13-19)8-4-18-6-10-22-14-25(29)26(30)15-23(22)12-18/h2,5-6,9-10,12-15,20,27H,1,3,7,11,16-17H2. The van der Waals surface area contributed by atoms with Crippen LogP contribution in [0, 0.1) is 35.2 Å². The normalized spacial score (nSPS) is 18.2. The highest BCUT2D eigenvalue weighted by Crippen LogP contribution is 2.21. The Bertz CT molecular complexity index is 1180. The van der Waals surface area contributed by atoms with Crippen LogP contribution >= 0.6 is 0 Å². The van der Waals surface area contributed by atoms with Crippen molar-refractivity contribution < 1.29 is 22.6 Å². The van der Waals surface area contributed by atoms with Gasteiger partial charge < -0.3 is 9.47 Å². The van der Waals surface area contributed by atoms with Crippen LogP contribution in [0.25, 0.3) is 10.8 Å². The molecule has 2 nitrogen and oxygen atoms in total. The Hall–Kier alpha value is -3.07. The number of hydrogen-bond donors (Lipinski definition) is 0. The number of fused-ring (bicyclic) bond motifs is 1. The van der Waals surface area contributed by atoms with Gasteiger partial charge in [-0.25, -0.2) is 13.2 Å². The molecule has 0 N–H and O–H groups in total. The summed E-state index contributed by atoms with van der Waals surface area (Å²) in [5.41, 5.74) is 1.71. The highest BCUT2D eigenvalue weighted by atomic mass is 19.2. The van der Waals surface area contributed by atoms with Gasteiger partial charge in [-0.1, -0.05) is 30.0 Å². The average molecular weight is 436 g/mol. The third-order valence-electron chi connectivity index (χ3n) is 5.46. The molecule has 164 valence electrons. The summed E-state index contributed by atoms with van der Waals surface area (Å²) in [5, 5.41) is 1.11. The van der Waals surface area contributed by atoms with E-state index >= 15 is 0 Å². The number of ether oxygens (including phenoxy) is 2. The van der Waals surface area contributed by atoms with Gasteiger partial charge in [0, 0.05) is 17.9 Å². The molecule has 32 heavy (non-hydrogen) atoms. The molecule has 1 saturated heterocycles. The Kier molecular flexibility index (Phi) is 6.94. The van der Waals surface area contributed by atoms with Gasteiger partial charge in [-0.3, -0.25) is 0 Å². The number of halogens is 3. The molecule has 3 aromatic carbocycles. The second kappa shape index (κ2) is 10.0. The Balaban J connectivity index is 1.39. The summed E-state index contributed by atoms with van der Waals surface area (Å²) < 4.78 is 52.8. The molecule has 1 fully saturated rings. The Morgan fingerprint density at radius 2 is 1.62 bits per heavy atom. The quantitative estimate of drug-likeness (QED) is 0.353. The molecule has 0 aromatic heterocycles. The molecule has 4 rings (SSSR count). The Morgan fingerprint density at radius 3 is 2.34 bits per heavy atom. The molecule has 0 aliphatic carbocycles. The van der Waals surface area contributed by atoms with Crippen molar-refractivity contribution in [3.05, 3.63) is 95.3 Å². The molecule has 1 aliphatic heterocycles. The predicted octanol–water partition coefficient (Wildman–Crippen LogP) is 6.15. The first-order valence-electron chi connectivity index (χ1n) is 10.5. The number of allylic oxidation sites excluding steroid dienone is 1. The van der Waals surface area contributed by atoms with Gasteiger partial charge in [0.15, 0.2) is 17.9 Å². The maximum atomic E-state index is 14.5. The SMILES string of the molecule is C=CCC1COC(CCc2ccc(C#Cc3ccc4cc(F)c(F)cc4c3)c(F)c2)OC1. The van der Waals surface area contributed by atoms with E-state index in [2.05, 4.69) is 18.4 Å². The summed E-state index contributed by atoms with van der Waals surface area (Å²) in [6.07, 6.45) is 3.75. The molecule has 0 amide bonds. The average Bonchev–Trinajstić information content (AvgIpc) is 2.79. The van der Waals surface area contributed by atoms with Crippen molar-refractivity contribution in [2.45, 2.75) is 25.6 Å². The van der Waals surface area contributed by atoms with Gasteiger partial charge in [-0.05, 0) is 65.6 Å². The first kappa shape index (κ1) is 22.1. The summed E-state index contributed by atoms with van der Waals surface area (Å²) in [4.78, 5) is 0. The molecular formula is C27H23F3O2. The van der Waals surface area contributed by atoms with Crippen molar-refractivity contribution in [3.63, 3.8) is 0 Å². The van der Waals surface area contributed by atoms with E-state index in [4.69, 9.17) is 9.47 Å². The van der Waals surface area contributed by atoms with Crippen molar-refractivity contribution in [3.8, 4) is 11.8 Å². The number of rotatable bonds is 5. The lowest BCUT2D eigenvalue weighted by Gasteiger charge is -2.28. The van der Waals surface area contributed by atoms with E-state index in [0.717, 1.165) is 24.1 Å². The van der Waals surface area contributed by atoms with Crippen LogP contribution in [-0.2, 0) is 15.9 Å². The van der Waals surface area contributed by atoms with Crippen LogP contribution in [0.4, 0.5) is 13.2 Å². The van der Waals surface area contributed by atoms with E-state index < -0.39 is 17.5 Å². The van der Waals surface area contributed by atoms with Gasteiger partial charge in [0.05, 0.1) is 18.8 Å². The minimum absolute atomic E-state index is 0.273. The van der Waals surface area contributed by atoms with E-state index in [0.29, 0.717) is 48.3 Å². The van der Waals surface area contributed by atoms with E-state index in [9.17, 15) is 13.2 Å². The highest BCUT2D eigenvalue weighted by molar-refractivity contribution is 5.84. The predicted molar refractivity (Wildman–Crippen MR) is 119 cm³/mol. The molecule has 0 bridgehead atoms. The zero-order valence-corrected chi connectivity index (χ0v) is 17.5. The summed E-state index contributed by atoms with van der Waals surface area (Å²) >= 11 is 0. The maximum Gasteiger partial charge on any atom is 0.159 e. The second-order valence-electron chi connectivity index (χ2n) is 7.92. The van der Waals surface area contributed by atoms with Crippen LogP contribution in [0.1, 0.15) is 29.5 Å². The van der Waals surface area contributed by atoms with Gasteiger partial charge in [0.2, 0.25) is 0 Å². The van der Waals surface area contributed by atoms with E-state index in [1.807, 2.05) is 12.1 Å². The van der Waals surface area contributed by atoms with Crippen LogP contribution in [0.15, 0.2) is 61.2 Å². The van der Waals surface area contributed by atoms with Crippen LogP contribution in [0.3, 0.4) is 0 Å². The molecule has 0 atom stereocenters. The lowest BCUT2D eigenvalue weighted by atomic mass is 10.0. The summed E-state index contributed by atoms with van der Waals surface area (Å²) in [6, 6.07) is 12.3. The molecular weight excluding hydrogens is 413 g/mol. The molecule has 1 heterocycles. The minimum Gasteiger partial charge on any atom is -0.352 e. The molecule has 0 spiro atoms. The van der Waals surface area contributed by atoms with Crippen molar-refractivity contribution in [1.82, 2.24) is 0 Å². The van der Waals surface area contributed by atoms with Crippen molar-refractivity contribution in [2.24, 2.45) is 5.92 Å². The molecule has 0 saturated carbocycles. The molecule has 0 unspecified atom stereocenters. The first-order valence-corrected chi connectivity index (χ1v) is 10.5. The van der Waals surface area contributed by atoms with E-state index in [-0.39, 0.29) is 11.9 Å². The minimum atomic E-state index is -0.912. The molecule has 0 radical (unpaired) electrons. The second-order valence-corrected chi connectivity index (χ2v) is 7.92. The first-order chi connectivity index (χ1) is 15.5. The third-order valence-corrected chi connectivity index (χ3v) is 5.46. The summed E-state index contributed by atoms with van der Waals surface area (Å²) in [7, 11) is 0. The largest absolute Gasteiger partial charge is 0.352 e. The van der Waals surface area contributed by atoms with Crippen molar-refractivity contribution in [2.75, 3.05) is 13.2 Å². The monoisotopic (exact) mass is 436 g/mol. The lowest BCUT2D eigenvalue weighted by molar-refractivity contribution is -0.201. The van der Waals surface area contributed by atoms with Gasteiger partial charge in [0.25, 0.3) is 0 Å². The van der Waals surface area contributed by atoms with E-state index in [1.54, 1.807) is 24.3 Å².